The molecule has 9 nitrogen and oxygen atoms in total. The average Bonchev–Trinajstić information content (AvgIpc) is 3.64. The molecule has 10 heteroatoms. The molecule has 2 aliphatic rings. The molecule has 0 unspecified atom stereocenters. The molecular weight excluding hydrogens is 571 g/mol. The van der Waals surface area contributed by atoms with Crippen LogP contribution in [0.5, 0.6) is 46.0 Å². The number of phenols is 1. The van der Waals surface area contributed by atoms with Crippen molar-refractivity contribution in [2.75, 3.05) is 19.9 Å². The lowest BCUT2D eigenvalue weighted by Crippen LogP contribution is -2.11. The summed E-state index contributed by atoms with van der Waals surface area (Å²) in [4.78, 5) is 0. The van der Waals surface area contributed by atoms with Gasteiger partial charge in [0.25, 0.3) is 0 Å². The van der Waals surface area contributed by atoms with Crippen molar-refractivity contribution in [1.82, 2.24) is 0 Å². The minimum Gasteiger partial charge on any atom is -0.508 e. The van der Waals surface area contributed by atoms with Gasteiger partial charge in [0.2, 0.25) is 19.9 Å². The molecule has 0 atom stereocenters. The first-order valence-corrected chi connectivity index (χ1v) is 15.7. The van der Waals surface area contributed by atoms with Crippen LogP contribution in [0.1, 0.15) is 47.6 Å². The Balaban J connectivity index is 1.26. The first-order chi connectivity index (χ1) is 20.7. The minimum absolute atomic E-state index is 0.102. The lowest BCUT2D eigenvalue weighted by Gasteiger charge is -2.22. The van der Waals surface area contributed by atoms with Crippen LogP contribution in [0.15, 0.2) is 66.7 Å². The van der Waals surface area contributed by atoms with Gasteiger partial charge in [-0.3, -0.25) is 0 Å². The van der Waals surface area contributed by atoms with E-state index in [0.29, 0.717) is 40.9 Å². The third-order valence-electron chi connectivity index (χ3n) is 7.43. The summed E-state index contributed by atoms with van der Waals surface area (Å²) in [5.41, 5.74) is 5.08. The smallest absolute Gasteiger partial charge is 0.468 e. The third kappa shape index (κ3) is 6.18. The van der Waals surface area contributed by atoms with Crippen LogP contribution < -0.4 is 32.7 Å². The highest BCUT2D eigenvalue weighted by Gasteiger charge is 2.32. The summed E-state index contributed by atoms with van der Waals surface area (Å²) in [7, 11) is -3.96. The number of rotatable bonds is 10. The fraction of sp³-hybridized carbons (Fsp3) is 0.273. The summed E-state index contributed by atoms with van der Waals surface area (Å²) in [6.07, 6.45) is 0.282. The Morgan fingerprint density at radius 2 is 1.40 bits per heavy atom. The molecule has 0 saturated carbocycles. The van der Waals surface area contributed by atoms with E-state index in [1.54, 1.807) is 42.5 Å². The average molecular weight is 605 g/mol. The molecule has 6 rings (SSSR count). The molecule has 0 amide bonds. The van der Waals surface area contributed by atoms with Gasteiger partial charge in [0, 0.05) is 12.1 Å². The second kappa shape index (κ2) is 11.7. The zero-order valence-electron chi connectivity index (χ0n) is 24.4. The summed E-state index contributed by atoms with van der Waals surface area (Å²) in [5.74, 6) is 3.75. The van der Waals surface area contributed by atoms with Crippen LogP contribution in [0, 0.1) is 13.8 Å². The Kier molecular flexibility index (Phi) is 7.75. The van der Waals surface area contributed by atoms with Gasteiger partial charge in [-0.1, -0.05) is 32.0 Å². The van der Waals surface area contributed by atoms with Gasteiger partial charge in [-0.05, 0) is 90.4 Å². The maximum atomic E-state index is 14.3. The topological polar surface area (TPSA) is 102 Å². The number of fused-ring (bicyclic) bond motifs is 2. The molecule has 0 spiro atoms. The Morgan fingerprint density at radius 3 is 2.00 bits per heavy atom. The Hall–Kier alpha value is -4.49. The predicted molar refractivity (Wildman–Crippen MR) is 160 cm³/mol. The summed E-state index contributed by atoms with van der Waals surface area (Å²) in [5, 5.41) is 10.3. The van der Waals surface area contributed by atoms with Gasteiger partial charge in [0.15, 0.2) is 23.0 Å². The van der Waals surface area contributed by atoms with Gasteiger partial charge in [0.1, 0.15) is 23.0 Å². The molecule has 43 heavy (non-hydrogen) atoms. The fourth-order valence-electron chi connectivity index (χ4n) is 5.09. The molecule has 0 saturated heterocycles. The molecule has 224 valence electrons. The van der Waals surface area contributed by atoms with Crippen molar-refractivity contribution >= 4 is 7.60 Å². The molecular formula is C33H33O9P. The molecule has 0 bridgehead atoms. The van der Waals surface area contributed by atoms with Crippen molar-refractivity contribution in [3.63, 3.8) is 0 Å². The van der Waals surface area contributed by atoms with Gasteiger partial charge in [-0.25, -0.2) is 4.57 Å². The lowest BCUT2D eigenvalue weighted by atomic mass is 9.92. The second-order valence-electron chi connectivity index (χ2n) is 10.8. The number of ether oxygens (including phenoxy) is 5. The third-order valence-corrected chi connectivity index (χ3v) is 8.86. The van der Waals surface area contributed by atoms with E-state index in [1.165, 1.54) is 0 Å². The van der Waals surface area contributed by atoms with Crippen LogP contribution in [0.25, 0.3) is 0 Å². The molecule has 0 aromatic heterocycles. The summed E-state index contributed by atoms with van der Waals surface area (Å²) >= 11 is 0. The van der Waals surface area contributed by atoms with Gasteiger partial charge >= 0.3 is 7.60 Å². The summed E-state index contributed by atoms with van der Waals surface area (Å²) in [6, 6.07) is 19.4. The van der Waals surface area contributed by atoms with Crippen molar-refractivity contribution in [3.05, 3.63) is 94.5 Å². The summed E-state index contributed by atoms with van der Waals surface area (Å²) < 4.78 is 54.1. The van der Waals surface area contributed by atoms with E-state index >= 15 is 0 Å². The number of hydrogen-bond donors (Lipinski definition) is 1. The van der Waals surface area contributed by atoms with E-state index in [0.717, 1.165) is 27.8 Å². The lowest BCUT2D eigenvalue weighted by molar-refractivity contribution is 0.173. The van der Waals surface area contributed by atoms with Crippen LogP contribution in [-0.4, -0.2) is 25.0 Å². The van der Waals surface area contributed by atoms with Crippen molar-refractivity contribution in [2.24, 2.45) is 0 Å². The standard InChI is InChI=1S/C33H33O9P/c1-20(2)26-13-23(6-9-28(26)34)14-27-21(3)5-10-29(22(27)4)40-19-43(35,41-24-7-11-30-32(15-24)38-17-36-30)42-25-8-12-31-33(16-25)39-18-37-31/h5-13,15-16,20,34H,14,17-19H2,1-4H3. The Bertz CT molecular complexity index is 1650. The van der Waals surface area contributed by atoms with Crippen molar-refractivity contribution < 1.29 is 42.4 Å². The monoisotopic (exact) mass is 604 g/mol. The van der Waals surface area contributed by atoms with Crippen molar-refractivity contribution in [3.8, 4) is 46.0 Å². The van der Waals surface area contributed by atoms with Crippen LogP contribution in [0.4, 0.5) is 0 Å². The predicted octanol–water partition coefficient (Wildman–Crippen LogP) is 7.87. The highest BCUT2D eigenvalue weighted by atomic mass is 31.2. The number of phenolic OH excluding ortho intramolecular Hbond substituents is 1. The molecule has 2 heterocycles. The number of aryl methyl sites for hydroxylation is 1. The minimum atomic E-state index is -3.96. The normalized spacial score (nSPS) is 13.3. The van der Waals surface area contributed by atoms with Gasteiger partial charge in [-0.15, -0.1) is 0 Å². The quantitative estimate of drug-likeness (QED) is 0.181. The molecule has 4 aromatic rings. The van der Waals surface area contributed by atoms with E-state index in [-0.39, 0.29) is 37.4 Å². The maximum absolute atomic E-state index is 14.3. The molecule has 0 aliphatic carbocycles. The van der Waals surface area contributed by atoms with Crippen LogP contribution in [0.2, 0.25) is 0 Å². The highest BCUT2D eigenvalue weighted by molar-refractivity contribution is 7.54. The van der Waals surface area contributed by atoms with Crippen LogP contribution in [0.3, 0.4) is 0 Å². The maximum Gasteiger partial charge on any atom is 0.468 e. The fourth-order valence-corrected chi connectivity index (χ4v) is 6.40. The Morgan fingerprint density at radius 1 is 0.791 bits per heavy atom. The zero-order chi connectivity index (χ0) is 30.1. The number of aromatic hydroxyl groups is 1. The highest BCUT2D eigenvalue weighted by Crippen LogP contribution is 2.51. The van der Waals surface area contributed by atoms with E-state index in [1.807, 2.05) is 38.1 Å². The molecule has 0 radical (unpaired) electrons. The molecule has 1 N–H and O–H groups in total. The van der Waals surface area contributed by atoms with Crippen molar-refractivity contribution in [2.45, 2.75) is 40.0 Å². The first kappa shape index (κ1) is 28.6. The van der Waals surface area contributed by atoms with E-state index in [4.69, 9.17) is 32.7 Å². The largest absolute Gasteiger partial charge is 0.508 e. The first-order valence-electron chi connectivity index (χ1n) is 14.0. The van der Waals surface area contributed by atoms with E-state index < -0.39 is 7.60 Å². The second-order valence-corrected chi connectivity index (χ2v) is 12.7. The molecule has 0 fully saturated rings. The number of hydrogen-bond acceptors (Lipinski definition) is 9. The van der Waals surface area contributed by atoms with E-state index in [9.17, 15) is 9.67 Å². The van der Waals surface area contributed by atoms with Gasteiger partial charge < -0.3 is 37.8 Å². The van der Waals surface area contributed by atoms with Gasteiger partial charge in [0.05, 0.1) is 0 Å². The van der Waals surface area contributed by atoms with Crippen LogP contribution in [-0.2, 0) is 11.0 Å². The van der Waals surface area contributed by atoms with Crippen molar-refractivity contribution in [1.29, 1.82) is 0 Å². The summed E-state index contributed by atoms with van der Waals surface area (Å²) in [6.45, 7) is 8.34. The van der Waals surface area contributed by atoms with E-state index in [2.05, 4.69) is 13.8 Å². The van der Waals surface area contributed by atoms with Crippen LogP contribution >= 0.6 is 7.60 Å². The molecule has 2 aliphatic heterocycles. The number of benzene rings is 4. The van der Waals surface area contributed by atoms with Gasteiger partial charge in [-0.2, -0.15) is 0 Å². The molecule has 4 aromatic carbocycles. The Labute approximate surface area is 250 Å². The SMILES string of the molecule is Cc1ccc(OCP(=O)(Oc2ccc3c(c2)OCO3)Oc2ccc3c(c2)OCO3)c(C)c1Cc1ccc(O)c(C(C)C)c1. The zero-order valence-corrected chi connectivity index (χ0v) is 25.3.